The molecule has 1 heteroatoms. The molecule has 1 nitrogen and oxygen atoms in total. The van der Waals surface area contributed by atoms with Crippen molar-refractivity contribution in [1.29, 1.82) is 0 Å². The van der Waals surface area contributed by atoms with Gasteiger partial charge in [-0.3, -0.25) is 0 Å². The Balaban J connectivity index is 2.22. The van der Waals surface area contributed by atoms with Gasteiger partial charge in [0.25, 0.3) is 0 Å². The molecule has 0 N–H and O–H groups in total. The Kier molecular flexibility index (Phi) is 7.75. The molecular formula is C17H28O. The van der Waals surface area contributed by atoms with E-state index in [1.165, 1.54) is 43.2 Å². The van der Waals surface area contributed by atoms with Crippen LogP contribution in [0.15, 0.2) is 24.3 Å². The molecule has 1 rings (SSSR count). The average molecular weight is 248 g/mol. The van der Waals surface area contributed by atoms with Gasteiger partial charge < -0.3 is 4.74 Å². The van der Waals surface area contributed by atoms with E-state index in [2.05, 4.69) is 45.0 Å². The van der Waals surface area contributed by atoms with Crippen LogP contribution >= 0.6 is 0 Å². The molecule has 0 aliphatic heterocycles. The molecule has 18 heavy (non-hydrogen) atoms. The highest BCUT2D eigenvalue weighted by atomic mass is 16.5. The molecule has 0 saturated carbocycles. The van der Waals surface area contributed by atoms with E-state index in [9.17, 15) is 0 Å². The summed E-state index contributed by atoms with van der Waals surface area (Å²) < 4.78 is 5.69. The Labute approximate surface area is 113 Å². The van der Waals surface area contributed by atoms with E-state index in [0.29, 0.717) is 5.92 Å². The van der Waals surface area contributed by atoms with Gasteiger partial charge >= 0.3 is 0 Å². The summed E-state index contributed by atoms with van der Waals surface area (Å²) in [5, 5.41) is 0. The fraction of sp³-hybridized carbons (Fsp3) is 0.647. The largest absolute Gasteiger partial charge is 0.377 e. The molecule has 0 fully saturated rings. The van der Waals surface area contributed by atoms with E-state index in [4.69, 9.17) is 4.74 Å². The minimum absolute atomic E-state index is 0.661. The zero-order valence-corrected chi connectivity index (χ0v) is 12.2. The Morgan fingerprint density at radius 2 is 1.72 bits per heavy atom. The lowest BCUT2D eigenvalue weighted by atomic mass is 9.98. The lowest BCUT2D eigenvalue weighted by Crippen LogP contribution is -1.97. The zero-order chi connectivity index (χ0) is 13.2. The molecule has 1 unspecified atom stereocenters. The number of hydrogen-bond donors (Lipinski definition) is 0. The fourth-order valence-electron chi connectivity index (χ4n) is 2.00. The van der Waals surface area contributed by atoms with Gasteiger partial charge in [-0.2, -0.15) is 0 Å². The first kappa shape index (κ1) is 15.2. The number of unbranched alkanes of at least 4 members (excludes halogenated alkanes) is 3. The highest BCUT2D eigenvalue weighted by molar-refractivity contribution is 5.24. The predicted molar refractivity (Wildman–Crippen MR) is 78.9 cm³/mol. The third-order valence-corrected chi connectivity index (χ3v) is 3.57. The molecule has 0 amide bonds. The summed E-state index contributed by atoms with van der Waals surface area (Å²) in [5.74, 6) is 0.661. The van der Waals surface area contributed by atoms with Gasteiger partial charge in [-0.15, -0.1) is 0 Å². The molecule has 0 aliphatic rings. The SMILES string of the molecule is CCCCCCOCc1ccc(C(C)CC)cc1. The maximum atomic E-state index is 5.69. The monoisotopic (exact) mass is 248 g/mol. The minimum atomic E-state index is 0.661. The van der Waals surface area contributed by atoms with Gasteiger partial charge in [0.1, 0.15) is 0 Å². The van der Waals surface area contributed by atoms with E-state index < -0.39 is 0 Å². The first-order chi connectivity index (χ1) is 8.77. The van der Waals surface area contributed by atoms with Crippen LogP contribution in [-0.4, -0.2) is 6.61 Å². The maximum absolute atomic E-state index is 5.69. The van der Waals surface area contributed by atoms with Crippen molar-refractivity contribution in [3.63, 3.8) is 0 Å². The maximum Gasteiger partial charge on any atom is 0.0716 e. The normalized spacial score (nSPS) is 12.6. The van der Waals surface area contributed by atoms with Gasteiger partial charge in [0.15, 0.2) is 0 Å². The number of hydrogen-bond acceptors (Lipinski definition) is 1. The average Bonchev–Trinajstić information content (AvgIpc) is 2.42. The first-order valence-corrected chi connectivity index (χ1v) is 7.44. The van der Waals surface area contributed by atoms with Crippen LogP contribution in [0.4, 0.5) is 0 Å². The number of rotatable bonds is 9. The van der Waals surface area contributed by atoms with E-state index >= 15 is 0 Å². The molecule has 0 aromatic heterocycles. The summed E-state index contributed by atoms with van der Waals surface area (Å²) >= 11 is 0. The van der Waals surface area contributed by atoms with Gasteiger partial charge in [0, 0.05) is 6.61 Å². The first-order valence-electron chi connectivity index (χ1n) is 7.44. The van der Waals surface area contributed by atoms with Crippen molar-refractivity contribution in [3.05, 3.63) is 35.4 Å². The van der Waals surface area contributed by atoms with Crippen LogP contribution in [0.1, 0.15) is 69.9 Å². The van der Waals surface area contributed by atoms with Crippen LogP contribution in [-0.2, 0) is 11.3 Å². The smallest absolute Gasteiger partial charge is 0.0716 e. The fourth-order valence-corrected chi connectivity index (χ4v) is 2.00. The Morgan fingerprint density at radius 3 is 2.33 bits per heavy atom. The molecule has 0 bridgehead atoms. The van der Waals surface area contributed by atoms with Crippen molar-refractivity contribution in [3.8, 4) is 0 Å². The summed E-state index contributed by atoms with van der Waals surface area (Å²) in [4.78, 5) is 0. The molecule has 0 heterocycles. The van der Waals surface area contributed by atoms with Crippen molar-refractivity contribution in [2.45, 2.75) is 65.4 Å². The van der Waals surface area contributed by atoms with E-state index in [1.807, 2.05) is 0 Å². The van der Waals surface area contributed by atoms with Crippen LogP contribution in [0.3, 0.4) is 0 Å². The Hall–Kier alpha value is -0.820. The molecule has 1 atom stereocenters. The van der Waals surface area contributed by atoms with Gasteiger partial charge in [-0.25, -0.2) is 0 Å². The van der Waals surface area contributed by atoms with Crippen molar-refractivity contribution in [1.82, 2.24) is 0 Å². The van der Waals surface area contributed by atoms with Crippen molar-refractivity contribution in [2.24, 2.45) is 0 Å². The standard InChI is InChI=1S/C17H28O/c1-4-6-7-8-13-18-14-16-9-11-17(12-10-16)15(3)5-2/h9-12,15H,4-8,13-14H2,1-3H3. The lowest BCUT2D eigenvalue weighted by molar-refractivity contribution is 0.117. The second kappa shape index (κ2) is 9.16. The van der Waals surface area contributed by atoms with Crippen molar-refractivity contribution >= 4 is 0 Å². The molecular weight excluding hydrogens is 220 g/mol. The van der Waals surface area contributed by atoms with E-state index in [0.717, 1.165) is 13.2 Å². The highest BCUT2D eigenvalue weighted by Crippen LogP contribution is 2.19. The topological polar surface area (TPSA) is 9.23 Å². The molecule has 102 valence electrons. The number of ether oxygens (including phenoxy) is 1. The van der Waals surface area contributed by atoms with Gasteiger partial charge in [-0.05, 0) is 29.9 Å². The van der Waals surface area contributed by atoms with Crippen LogP contribution in [0.2, 0.25) is 0 Å². The second-order valence-corrected chi connectivity index (χ2v) is 5.16. The van der Waals surface area contributed by atoms with E-state index in [1.54, 1.807) is 0 Å². The van der Waals surface area contributed by atoms with Gasteiger partial charge in [0.05, 0.1) is 6.61 Å². The minimum Gasteiger partial charge on any atom is -0.377 e. The van der Waals surface area contributed by atoms with Crippen LogP contribution in [0, 0.1) is 0 Å². The second-order valence-electron chi connectivity index (χ2n) is 5.16. The van der Waals surface area contributed by atoms with Crippen LogP contribution < -0.4 is 0 Å². The summed E-state index contributed by atoms with van der Waals surface area (Å²) in [5.41, 5.74) is 2.72. The van der Waals surface area contributed by atoms with Crippen molar-refractivity contribution in [2.75, 3.05) is 6.61 Å². The summed E-state index contributed by atoms with van der Waals surface area (Å²) in [7, 11) is 0. The Morgan fingerprint density at radius 1 is 1.00 bits per heavy atom. The third kappa shape index (κ3) is 5.68. The predicted octanol–water partition coefficient (Wildman–Crippen LogP) is 5.30. The summed E-state index contributed by atoms with van der Waals surface area (Å²) in [6.07, 6.45) is 6.31. The van der Waals surface area contributed by atoms with Crippen LogP contribution in [0.25, 0.3) is 0 Å². The van der Waals surface area contributed by atoms with Gasteiger partial charge in [0.2, 0.25) is 0 Å². The molecule has 0 aliphatic carbocycles. The quantitative estimate of drug-likeness (QED) is 0.539. The van der Waals surface area contributed by atoms with Crippen LogP contribution in [0.5, 0.6) is 0 Å². The molecule has 0 spiro atoms. The molecule has 0 saturated heterocycles. The third-order valence-electron chi connectivity index (χ3n) is 3.57. The lowest BCUT2D eigenvalue weighted by Gasteiger charge is -2.10. The number of benzene rings is 1. The molecule has 1 aromatic rings. The zero-order valence-electron chi connectivity index (χ0n) is 12.2. The Bertz CT molecular complexity index is 302. The van der Waals surface area contributed by atoms with Crippen molar-refractivity contribution < 1.29 is 4.74 Å². The van der Waals surface area contributed by atoms with Gasteiger partial charge in [-0.1, -0.05) is 64.3 Å². The molecule has 0 radical (unpaired) electrons. The highest BCUT2D eigenvalue weighted by Gasteiger charge is 2.02. The van der Waals surface area contributed by atoms with E-state index in [-0.39, 0.29) is 0 Å². The summed E-state index contributed by atoms with van der Waals surface area (Å²) in [6, 6.07) is 8.88. The molecule has 1 aromatic carbocycles. The summed E-state index contributed by atoms with van der Waals surface area (Å²) in [6.45, 7) is 8.40.